The quantitative estimate of drug-likeness (QED) is 0.680. The molecule has 1 aliphatic heterocycles. The first-order valence-corrected chi connectivity index (χ1v) is 6.13. The van der Waals surface area contributed by atoms with Crippen molar-refractivity contribution in [2.24, 2.45) is 11.3 Å². The second-order valence-corrected chi connectivity index (χ2v) is 6.06. The van der Waals surface area contributed by atoms with Gasteiger partial charge in [0.25, 0.3) is 0 Å². The zero-order valence-electron chi connectivity index (χ0n) is 9.96. The summed E-state index contributed by atoms with van der Waals surface area (Å²) in [7, 11) is 0. The Kier molecular flexibility index (Phi) is 4.43. The van der Waals surface area contributed by atoms with Crippen molar-refractivity contribution in [3.8, 4) is 6.07 Å². The van der Waals surface area contributed by atoms with E-state index in [1.807, 2.05) is 0 Å². The minimum Gasteiger partial charge on any atom is -0.301 e. The third-order valence-corrected chi connectivity index (χ3v) is 3.61. The minimum absolute atomic E-state index is 0.351. The third kappa shape index (κ3) is 4.01. The van der Waals surface area contributed by atoms with Gasteiger partial charge in [0.2, 0.25) is 0 Å². The molecule has 0 radical (unpaired) electrons. The first-order valence-electron chi connectivity index (χ1n) is 5.69. The maximum Gasteiger partial charge on any atom is 0.133 e. The Hall–Kier alpha value is -0.260. The molecule has 1 aliphatic rings. The van der Waals surface area contributed by atoms with Crippen LogP contribution in [-0.4, -0.2) is 29.9 Å². The lowest BCUT2D eigenvalue weighted by Crippen LogP contribution is -2.40. The molecule has 0 aliphatic carbocycles. The lowest BCUT2D eigenvalue weighted by atomic mass is 9.75. The minimum atomic E-state index is -0.351. The van der Waals surface area contributed by atoms with Gasteiger partial charge in [-0.05, 0) is 37.3 Å². The molecule has 86 valence electrons. The number of piperidine rings is 1. The molecule has 1 rings (SSSR count). The van der Waals surface area contributed by atoms with Crippen molar-refractivity contribution < 1.29 is 0 Å². The summed E-state index contributed by atoms with van der Waals surface area (Å²) in [5, 5.41) is 8.29. The molecule has 0 aromatic rings. The van der Waals surface area contributed by atoms with Crippen molar-refractivity contribution in [2.45, 2.75) is 39.0 Å². The van der Waals surface area contributed by atoms with Crippen LogP contribution in [-0.2, 0) is 0 Å². The fourth-order valence-electron chi connectivity index (χ4n) is 2.25. The van der Waals surface area contributed by atoms with Crippen molar-refractivity contribution in [1.82, 2.24) is 4.90 Å². The SMILES string of the molecule is CC(C)(C)C1CCN(CC(Cl)C#N)CC1. The summed E-state index contributed by atoms with van der Waals surface area (Å²) in [4.78, 5) is 2.31. The van der Waals surface area contributed by atoms with Crippen LogP contribution in [0.5, 0.6) is 0 Å². The summed E-state index contributed by atoms with van der Waals surface area (Å²) < 4.78 is 0. The van der Waals surface area contributed by atoms with Gasteiger partial charge in [-0.2, -0.15) is 5.26 Å². The van der Waals surface area contributed by atoms with E-state index >= 15 is 0 Å². The van der Waals surface area contributed by atoms with Gasteiger partial charge in [-0.25, -0.2) is 0 Å². The van der Waals surface area contributed by atoms with E-state index in [1.54, 1.807) is 0 Å². The topological polar surface area (TPSA) is 27.0 Å². The molecule has 3 heteroatoms. The van der Waals surface area contributed by atoms with Gasteiger partial charge in [0.05, 0.1) is 6.07 Å². The van der Waals surface area contributed by atoms with E-state index in [-0.39, 0.29) is 5.38 Å². The predicted octanol–water partition coefficient (Wildman–Crippen LogP) is 2.88. The molecule has 0 N–H and O–H groups in total. The van der Waals surface area contributed by atoms with Crippen LogP contribution in [0.1, 0.15) is 33.6 Å². The number of nitriles is 1. The van der Waals surface area contributed by atoms with Gasteiger partial charge in [-0.15, -0.1) is 11.6 Å². The van der Waals surface area contributed by atoms with Gasteiger partial charge in [0.15, 0.2) is 0 Å². The highest BCUT2D eigenvalue weighted by Crippen LogP contribution is 2.34. The predicted molar refractivity (Wildman–Crippen MR) is 63.9 cm³/mol. The molecule has 1 heterocycles. The van der Waals surface area contributed by atoms with Crippen LogP contribution in [0.4, 0.5) is 0 Å². The Morgan fingerprint density at radius 2 is 1.93 bits per heavy atom. The highest BCUT2D eigenvalue weighted by molar-refractivity contribution is 6.22. The number of hydrogen-bond acceptors (Lipinski definition) is 2. The Morgan fingerprint density at radius 3 is 2.33 bits per heavy atom. The number of halogens is 1. The first-order chi connectivity index (χ1) is 6.93. The summed E-state index contributed by atoms with van der Waals surface area (Å²) in [5.74, 6) is 0.810. The molecule has 1 fully saturated rings. The van der Waals surface area contributed by atoms with E-state index in [4.69, 9.17) is 16.9 Å². The van der Waals surface area contributed by atoms with Gasteiger partial charge in [0.1, 0.15) is 5.38 Å². The highest BCUT2D eigenvalue weighted by Gasteiger charge is 2.29. The molecule has 0 spiro atoms. The van der Waals surface area contributed by atoms with Crippen molar-refractivity contribution >= 4 is 11.6 Å². The van der Waals surface area contributed by atoms with Crippen LogP contribution in [0.3, 0.4) is 0 Å². The third-order valence-electron chi connectivity index (χ3n) is 3.37. The lowest BCUT2D eigenvalue weighted by molar-refractivity contribution is 0.114. The van der Waals surface area contributed by atoms with E-state index in [2.05, 4.69) is 31.7 Å². The average Bonchev–Trinajstić information content (AvgIpc) is 2.17. The second-order valence-electron chi connectivity index (χ2n) is 5.54. The molecule has 0 saturated carbocycles. The molecule has 1 saturated heterocycles. The molecular weight excluding hydrogens is 208 g/mol. The summed E-state index contributed by atoms with van der Waals surface area (Å²) in [6.45, 7) is 9.83. The number of alkyl halides is 1. The van der Waals surface area contributed by atoms with Crippen LogP contribution in [0.25, 0.3) is 0 Å². The fourth-order valence-corrected chi connectivity index (χ4v) is 2.44. The number of likely N-dealkylation sites (tertiary alicyclic amines) is 1. The van der Waals surface area contributed by atoms with E-state index in [0.29, 0.717) is 5.41 Å². The normalized spacial score (nSPS) is 22.3. The van der Waals surface area contributed by atoms with Gasteiger partial charge in [0, 0.05) is 6.54 Å². The van der Waals surface area contributed by atoms with E-state index in [9.17, 15) is 0 Å². The van der Waals surface area contributed by atoms with E-state index in [0.717, 1.165) is 25.6 Å². The molecular formula is C12H21ClN2. The Balaban J connectivity index is 2.34. The summed E-state index contributed by atoms with van der Waals surface area (Å²) in [6.07, 6.45) is 2.47. The zero-order chi connectivity index (χ0) is 11.5. The zero-order valence-corrected chi connectivity index (χ0v) is 10.7. The van der Waals surface area contributed by atoms with Crippen LogP contribution in [0.2, 0.25) is 0 Å². The molecule has 0 aromatic heterocycles. The van der Waals surface area contributed by atoms with E-state index in [1.165, 1.54) is 12.8 Å². The highest BCUT2D eigenvalue weighted by atomic mass is 35.5. The largest absolute Gasteiger partial charge is 0.301 e. The molecule has 0 aromatic carbocycles. The number of nitrogens with zero attached hydrogens (tertiary/aromatic N) is 2. The van der Waals surface area contributed by atoms with Crippen LogP contribution in [0.15, 0.2) is 0 Å². The molecule has 1 atom stereocenters. The van der Waals surface area contributed by atoms with Crippen molar-refractivity contribution in [1.29, 1.82) is 5.26 Å². The Bertz CT molecular complexity index is 231. The van der Waals surface area contributed by atoms with Crippen LogP contribution >= 0.6 is 11.6 Å². The lowest BCUT2D eigenvalue weighted by Gasteiger charge is -2.38. The monoisotopic (exact) mass is 228 g/mol. The maximum absolute atomic E-state index is 8.64. The van der Waals surface area contributed by atoms with Gasteiger partial charge in [-0.1, -0.05) is 20.8 Å². The molecule has 0 amide bonds. The maximum atomic E-state index is 8.64. The van der Waals surface area contributed by atoms with Crippen LogP contribution in [0, 0.1) is 22.7 Å². The molecule has 2 nitrogen and oxygen atoms in total. The standard InChI is InChI=1S/C12H21ClN2/c1-12(2,3)10-4-6-15(7-5-10)9-11(13)8-14/h10-11H,4-7,9H2,1-3H3. The summed E-state index contributed by atoms with van der Waals surface area (Å²) in [6, 6.07) is 2.08. The van der Waals surface area contributed by atoms with Gasteiger partial charge >= 0.3 is 0 Å². The fraction of sp³-hybridized carbons (Fsp3) is 0.917. The smallest absolute Gasteiger partial charge is 0.133 e. The summed E-state index contributed by atoms with van der Waals surface area (Å²) in [5.41, 5.74) is 0.418. The first kappa shape index (κ1) is 12.8. The Labute approximate surface area is 98.2 Å². The second kappa shape index (κ2) is 5.18. The number of hydrogen-bond donors (Lipinski definition) is 0. The molecule has 15 heavy (non-hydrogen) atoms. The van der Waals surface area contributed by atoms with Gasteiger partial charge in [-0.3, -0.25) is 0 Å². The van der Waals surface area contributed by atoms with Crippen molar-refractivity contribution in [2.75, 3.05) is 19.6 Å². The van der Waals surface area contributed by atoms with Gasteiger partial charge < -0.3 is 4.90 Å². The Morgan fingerprint density at radius 1 is 1.40 bits per heavy atom. The van der Waals surface area contributed by atoms with Crippen molar-refractivity contribution in [3.05, 3.63) is 0 Å². The van der Waals surface area contributed by atoms with E-state index < -0.39 is 0 Å². The van der Waals surface area contributed by atoms with Crippen LogP contribution < -0.4 is 0 Å². The number of rotatable bonds is 2. The molecule has 0 bridgehead atoms. The summed E-state index contributed by atoms with van der Waals surface area (Å²) >= 11 is 5.82. The average molecular weight is 229 g/mol. The molecule has 1 unspecified atom stereocenters. The van der Waals surface area contributed by atoms with Crippen molar-refractivity contribution in [3.63, 3.8) is 0 Å².